The Morgan fingerprint density at radius 1 is 1.36 bits per heavy atom. The summed E-state index contributed by atoms with van der Waals surface area (Å²) in [7, 11) is 0. The molecule has 2 rings (SSSR count). The minimum absolute atomic E-state index is 0.0308. The van der Waals surface area contributed by atoms with Crippen molar-refractivity contribution in [2.75, 3.05) is 6.61 Å². The fraction of sp³-hybridized carbons (Fsp3) is 0.353. The van der Waals surface area contributed by atoms with E-state index in [1.54, 1.807) is 38.1 Å². The highest BCUT2D eigenvalue weighted by molar-refractivity contribution is 6.33. The number of aliphatic hydroxyl groups is 1. The van der Waals surface area contributed by atoms with Crippen molar-refractivity contribution < 1.29 is 19.4 Å². The predicted octanol–water partition coefficient (Wildman–Crippen LogP) is 2.51. The highest BCUT2D eigenvalue weighted by Gasteiger charge is 2.39. The van der Waals surface area contributed by atoms with E-state index in [2.05, 4.69) is 15.5 Å². The van der Waals surface area contributed by atoms with Crippen LogP contribution < -0.4 is 5.32 Å². The van der Waals surface area contributed by atoms with Crippen LogP contribution in [0.15, 0.2) is 30.3 Å². The van der Waals surface area contributed by atoms with E-state index in [-0.39, 0.29) is 18.7 Å². The van der Waals surface area contributed by atoms with Gasteiger partial charge in [0.15, 0.2) is 0 Å². The number of H-pyrrole nitrogens is 1. The van der Waals surface area contributed by atoms with E-state index in [9.17, 15) is 14.7 Å². The molecule has 7 nitrogen and oxygen atoms in total. The summed E-state index contributed by atoms with van der Waals surface area (Å²) in [5.41, 5.74) is -0.856. The smallest absolute Gasteiger partial charge is 0.359 e. The molecule has 1 amide bonds. The first-order valence-corrected chi connectivity index (χ1v) is 8.31. The Labute approximate surface area is 150 Å². The summed E-state index contributed by atoms with van der Waals surface area (Å²) < 4.78 is 4.84. The van der Waals surface area contributed by atoms with Crippen LogP contribution in [0.5, 0.6) is 0 Å². The van der Waals surface area contributed by atoms with Gasteiger partial charge in [-0.25, -0.2) is 4.79 Å². The van der Waals surface area contributed by atoms with E-state index in [1.807, 2.05) is 0 Å². The lowest BCUT2D eigenvalue weighted by Gasteiger charge is -2.26. The summed E-state index contributed by atoms with van der Waals surface area (Å²) in [5, 5.41) is 19.9. The van der Waals surface area contributed by atoms with E-state index in [0.717, 1.165) is 0 Å². The first-order valence-electron chi connectivity index (χ1n) is 7.93. The molecule has 2 aromatic rings. The van der Waals surface area contributed by atoms with Crippen LogP contribution in [-0.2, 0) is 9.53 Å². The molecule has 0 radical (unpaired) electrons. The molecule has 0 fully saturated rings. The third-order valence-electron chi connectivity index (χ3n) is 3.52. The second-order valence-electron chi connectivity index (χ2n) is 5.43. The first-order chi connectivity index (χ1) is 11.9. The maximum absolute atomic E-state index is 12.4. The SMILES string of the molecule is CCCC(O)(NC(=O)c1cc(-c2ccccc2Cl)n[nH]1)C(=O)OCC. The summed E-state index contributed by atoms with van der Waals surface area (Å²) in [6.07, 6.45) is 0.506. The molecule has 8 heteroatoms. The van der Waals surface area contributed by atoms with Crippen LogP contribution in [0.1, 0.15) is 37.2 Å². The number of halogens is 1. The van der Waals surface area contributed by atoms with Crippen LogP contribution >= 0.6 is 11.6 Å². The number of benzene rings is 1. The van der Waals surface area contributed by atoms with Crippen molar-refractivity contribution in [1.82, 2.24) is 15.5 Å². The Morgan fingerprint density at radius 3 is 2.72 bits per heavy atom. The zero-order chi connectivity index (χ0) is 18.4. The minimum atomic E-state index is -2.09. The number of hydrogen-bond acceptors (Lipinski definition) is 5. The molecule has 0 aliphatic heterocycles. The molecule has 0 aliphatic rings. The molecule has 0 saturated heterocycles. The Bertz CT molecular complexity index is 762. The number of amides is 1. The molecule has 1 unspecified atom stereocenters. The van der Waals surface area contributed by atoms with Gasteiger partial charge in [0.25, 0.3) is 5.91 Å². The number of carbonyl (C=O) groups is 2. The van der Waals surface area contributed by atoms with Gasteiger partial charge in [0.2, 0.25) is 5.72 Å². The number of rotatable bonds is 7. The molecule has 3 N–H and O–H groups in total. The van der Waals surface area contributed by atoms with Crippen molar-refractivity contribution >= 4 is 23.5 Å². The number of aromatic nitrogens is 2. The molecular weight excluding hydrogens is 346 g/mol. The Morgan fingerprint density at radius 2 is 2.08 bits per heavy atom. The van der Waals surface area contributed by atoms with Crippen LogP contribution in [0.2, 0.25) is 5.02 Å². The minimum Gasteiger partial charge on any atom is -0.462 e. The number of nitrogens with one attached hydrogen (secondary N) is 2. The van der Waals surface area contributed by atoms with E-state index >= 15 is 0 Å². The van der Waals surface area contributed by atoms with E-state index in [1.165, 1.54) is 6.07 Å². The number of esters is 1. The predicted molar refractivity (Wildman–Crippen MR) is 93.0 cm³/mol. The molecule has 1 atom stereocenters. The molecule has 25 heavy (non-hydrogen) atoms. The highest BCUT2D eigenvalue weighted by atomic mass is 35.5. The van der Waals surface area contributed by atoms with Gasteiger partial charge in [0.1, 0.15) is 5.69 Å². The van der Waals surface area contributed by atoms with Crippen molar-refractivity contribution in [2.24, 2.45) is 0 Å². The molecular formula is C17H20ClN3O4. The number of carbonyl (C=O) groups excluding carboxylic acids is 2. The Kier molecular flexibility index (Phi) is 6.17. The summed E-state index contributed by atoms with van der Waals surface area (Å²) in [5.74, 6) is -1.56. The summed E-state index contributed by atoms with van der Waals surface area (Å²) >= 11 is 6.12. The number of aromatic amines is 1. The van der Waals surface area contributed by atoms with Gasteiger partial charge in [-0.3, -0.25) is 9.89 Å². The van der Waals surface area contributed by atoms with Crippen LogP contribution in [0, 0.1) is 0 Å². The number of nitrogens with zero attached hydrogens (tertiary/aromatic N) is 1. The van der Waals surface area contributed by atoms with Gasteiger partial charge in [-0.1, -0.05) is 43.1 Å². The maximum Gasteiger partial charge on any atom is 0.359 e. The zero-order valence-corrected chi connectivity index (χ0v) is 14.8. The van der Waals surface area contributed by atoms with Crippen molar-refractivity contribution in [3.05, 3.63) is 41.0 Å². The second kappa shape index (κ2) is 8.13. The zero-order valence-electron chi connectivity index (χ0n) is 14.0. The first kappa shape index (κ1) is 19.0. The average Bonchev–Trinajstić information content (AvgIpc) is 3.05. The topological polar surface area (TPSA) is 104 Å². The molecule has 0 aliphatic carbocycles. The Hall–Kier alpha value is -2.38. The van der Waals surface area contributed by atoms with Gasteiger partial charge in [0, 0.05) is 12.0 Å². The molecule has 1 heterocycles. The van der Waals surface area contributed by atoms with Gasteiger partial charge in [0.05, 0.1) is 17.3 Å². The van der Waals surface area contributed by atoms with E-state index in [4.69, 9.17) is 16.3 Å². The lowest BCUT2D eigenvalue weighted by molar-refractivity contribution is -0.168. The third kappa shape index (κ3) is 4.37. The molecule has 0 bridgehead atoms. The average molecular weight is 366 g/mol. The highest BCUT2D eigenvalue weighted by Crippen LogP contribution is 2.26. The van der Waals surface area contributed by atoms with Gasteiger partial charge in [-0.05, 0) is 19.1 Å². The Balaban J connectivity index is 2.20. The van der Waals surface area contributed by atoms with E-state index < -0.39 is 17.6 Å². The number of ether oxygens (including phenoxy) is 1. The molecule has 0 saturated carbocycles. The molecule has 1 aromatic heterocycles. The van der Waals surface area contributed by atoms with Crippen LogP contribution in [0.25, 0.3) is 11.3 Å². The van der Waals surface area contributed by atoms with Gasteiger partial charge in [-0.2, -0.15) is 5.10 Å². The van der Waals surface area contributed by atoms with Crippen LogP contribution in [-0.4, -0.2) is 39.5 Å². The third-order valence-corrected chi connectivity index (χ3v) is 3.85. The summed E-state index contributed by atoms with van der Waals surface area (Å²) in [6, 6.07) is 8.57. The lowest BCUT2D eigenvalue weighted by Crippen LogP contribution is -2.55. The second-order valence-corrected chi connectivity index (χ2v) is 5.84. The van der Waals surface area contributed by atoms with Crippen molar-refractivity contribution in [1.29, 1.82) is 0 Å². The standard InChI is InChI=1S/C17H20ClN3O4/c1-3-9-17(24,16(23)25-4-2)19-15(22)14-10-13(20-21-14)11-7-5-6-8-12(11)18/h5-8,10,24H,3-4,9H2,1-2H3,(H,19,22)(H,20,21). The summed E-state index contributed by atoms with van der Waals surface area (Å²) in [4.78, 5) is 24.4. The van der Waals surface area contributed by atoms with Crippen molar-refractivity contribution in [3.8, 4) is 11.3 Å². The fourth-order valence-electron chi connectivity index (χ4n) is 2.33. The van der Waals surface area contributed by atoms with Gasteiger partial charge < -0.3 is 15.2 Å². The normalized spacial score (nSPS) is 13.1. The van der Waals surface area contributed by atoms with Crippen molar-refractivity contribution in [3.63, 3.8) is 0 Å². The largest absolute Gasteiger partial charge is 0.462 e. The van der Waals surface area contributed by atoms with E-state index in [0.29, 0.717) is 22.7 Å². The quantitative estimate of drug-likeness (QED) is 0.516. The van der Waals surface area contributed by atoms with Crippen LogP contribution in [0.3, 0.4) is 0 Å². The van der Waals surface area contributed by atoms with Crippen molar-refractivity contribution in [2.45, 2.75) is 32.4 Å². The summed E-state index contributed by atoms with van der Waals surface area (Å²) in [6.45, 7) is 3.50. The molecule has 1 aromatic carbocycles. The maximum atomic E-state index is 12.4. The number of hydrogen-bond donors (Lipinski definition) is 3. The fourth-order valence-corrected chi connectivity index (χ4v) is 2.56. The van der Waals surface area contributed by atoms with Gasteiger partial charge in [-0.15, -0.1) is 0 Å². The van der Waals surface area contributed by atoms with Crippen LogP contribution in [0.4, 0.5) is 0 Å². The monoisotopic (exact) mass is 365 g/mol. The molecule has 134 valence electrons. The molecule has 0 spiro atoms. The lowest BCUT2D eigenvalue weighted by atomic mass is 10.1. The van der Waals surface area contributed by atoms with Gasteiger partial charge >= 0.3 is 5.97 Å².